The molecule has 0 saturated heterocycles. The number of fused-ring (bicyclic) bond motifs is 4. The summed E-state index contributed by atoms with van der Waals surface area (Å²) in [6, 6.07) is 8.86. The Morgan fingerprint density at radius 3 is 3.12 bits per heavy atom. The highest BCUT2D eigenvalue weighted by atomic mass is 32.2. The fourth-order valence-corrected chi connectivity index (χ4v) is 4.47. The van der Waals surface area contributed by atoms with Crippen LogP contribution in [0.5, 0.6) is 0 Å². The average Bonchev–Trinajstić information content (AvgIpc) is 2.88. The smallest absolute Gasteiger partial charge is 0.0360 e. The number of allylic oxidation sites excluding steroid dienone is 2. The van der Waals surface area contributed by atoms with E-state index in [1.165, 1.54) is 41.8 Å². The summed E-state index contributed by atoms with van der Waals surface area (Å²) in [5, 5.41) is 0. The molecule has 1 saturated carbocycles. The topological polar surface area (TPSA) is 12.0 Å². The van der Waals surface area contributed by atoms with Gasteiger partial charge in [-0.25, -0.2) is 0 Å². The van der Waals surface area contributed by atoms with E-state index in [-0.39, 0.29) is 0 Å². The van der Waals surface area contributed by atoms with Crippen LogP contribution in [0, 0.1) is 11.8 Å². The van der Waals surface area contributed by atoms with Gasteiger partial charge in [0.2, 0.25) is 0 Å². The molecule has 1 aromatic rings. The highest BCUT2D eigenvalue weighted by molar-refractivity contribution is 7.97. The van der Waals surface area contributed by atoms with E-state index in [1.807, 2.05) is 0 Å². The first-order valence-corrected chi connectivity index (χ1v) is 7.00. The summed E-state index contributed by atoms with van der Waals surface area (Å²) in [5.74, 6) is 1.79. The van der Waals surface area contributed by atoms with Crippen LogP contribution in [0.4, 0.5) is 0 Å². The molecule has 1 nitrogen and oxygen atoms in total. The zero-order valence-corrected chi connectivity index (χ0v) is 10.0. The average molecular weight is 229 g/mol. The standard InChI is InChI=1S/C14H15NS/c1-2-7-13-11(5-1)14-10-6-3-4-9(10)8-12(14)15-16-13/h1-2,5,7,9-10,15H,3-4,6,8H2. The normalized spacial score (nSPS) is 30.8. The van der Waals surface area contributed by atoms with E-state index >= 15 is 0 Å². The summed E-state index contributed by atoms with van der Waals surface area (Å²) in [5.41, 5.74) is 4.69. The predicted octanol–water partition coefficient (Wildman–Crippen LogP) is 3.83. The Morgan fingerprint density at radius 1 is 1.19 bits per heavy atom. The van der Waals surface area contributed by atoms with Crippen molar-refractivity contribution in [2.45, 2.75) is 30.6 Å². The summed E-state index contributed by atoms with van der Waals surface area (Å²) in [4.78, 5) is 1.41. The Balaban J connectivity index is 1.87. The Labute approximate surface area is 100 Å². The lowest BCUT2D eigenvalue weighted by Crippen LogP contribution is -2.10. The molecule has 1 fully saturated rings. The molecule has 2 atom stereocenters. The maximum Gasteiger partial charge on any atom is 0.0360 e. The molecule has 1 heterocycles. The summed E-state index contributed by atoms with van der Waals surface area (Å²) < 4.78 is 3.56. The highest BCUT2D eigenvalue weighted by Crippen LogP contribution is 2.53. The monoisotopic (exact) mass is 229 g/mol. The van der Waals surface area contributed by atoms with E-state index in [9.17, 15) is 0 Å². The van der Waals surface area contributed by atoms with Crippen LogP contribution in [-0.4, -0.2) is 0 Å². The molecule has 0 spiro atoms. The molecular weight excluding hydrogens is 214 g/mol. The van der Waals surface area contributed by atoms with E-state index in [0.29, 0.717) is 0 Å². The number of rotatable bonds is 0. The minimum absolute atomic E-state index is 0.851. The van der Waals surface area contributed by atoms with E-state index < -0.39 is 0 Å². The van der Waals surface area contributed by atoms with Crippen LogP contribution < -0.4 is 4.72 Å². The SMILES string of the molecule is c1ccc2c(c1)SNC1=C2C2CCCC2C1. The van der Waals surface area contributed by atoms with Gasteiger partial charge in [-0.05, 0) is 60.2 Å². The lowest BCUT2D eigenvalue weighted by Gasteiger charge is -2.22. The zero-order chi connectivity index (χ0) is 10.5. The van der Waals surface area contributed by atoms with E-state index in [2.05, 4.69) is 29.0 Å². The first-order valence-electron chi connectivity index (χ1n) is 6.19. The fourth-order valence-electron chi connectivity index (χ4n) is 3.61. The fraction of sp³-hybridized carbons (Fsp3) is 0.429. The van der Waals surface area contributed by atoms with Crippen LogP contribution in [0.15, 0.2) is 34.9 Å². The van der Waals surface area contributed by atoms with Crippen LogP contribution in [0.3, 0.4) is 0 Å². The van der Waals surface area contributed by atoms with Gasteiger partial charge in [-0.1, -0.05) is 24.6 Å². The molecule has 2 unspecified atom stereocenters. The molecule has 0 amide bonds. The van der Waals surface area contributed by atoms with Crippen LogP contribution >= 0.6 is 11.9 Å². The van der Waals surface area contributed by atoms with Crippen molar-refractivity contribution in [3.8, 4) is 0 Å². The second-order valence-corrected chi connectivity index (χ2v) is 5.94. The molecule has 3 aliphatic rings. The molecule has 16 heavy (non-hydrogen) atoms. The first kappa shape index (κ1) is 9.17. The number of benzene rings is 1. The summed E-state index contributed by atoms with van der Waals surface area (Å²) in [6.45, 7) is 0. The summed E-state index contributed by atoms with van der Waals surface area (Å²) in [7, 11) is 0. The van der Waals surface area contributed by atoms with Gasteiger partial charge >= 0.3 is 0 Å². The quantitative estimate of drug-likeness (QED) is 0.679. The van der Waals surface area contributed by atoms with Crippen molar-refractivity contribution >= 4 is 17.5 Å². The van der Waals surface area contributed by atoms with E-state index in [1.54, 1.807) is 17.5 Å². The molecule has 4 rings (SSSR count). The molecule has 0 aromatic heterocycles. The van der Waals surface area contributed by atoms with Crippen LogP contribution in [-0.2, 0) is 0 Å². The van der Waals surface area contributed by atoms with E-state index in [4.69, 9.17) is 0 Å². The lowest BCUT2D eigenvalue weighted by atomic mass is 9.90. The van der Waals surface area contributed by atoms with Gasteiger partial charge in [-0.15, -0.1) is 0 Å². The van der Waals surface area contributed by atoms with Crippen LogP contribution in [0.25, 0.3) is 5.57 Å². The third-order valence-electron chi connectivity index (χ3n) is 4.28. The van der Waals surface area contributed by atoms with Crippen molar-refractivity contribution in [2.24, 2.45) is 11.8 Å². The van der Waals surface area contributed by atoms with Gasteiger partial charge < -0.3 is 4.72 Å². The number of hydrogen-bond acceptors (Lipinski definition) is 2. The van der Waals surface area contributed by atoms with Crippen molar-refractivity contribution in [2.75, 3.05) is 0 Å². The third kappa shape index (κ3) is 1.14. The second-order valence-electron chi connectivity index (χ2n) is 5.09. The van der Waals surface area contributed by atoms with Gasteiger partial charge in [0.25, 0.3) is 0 Å². The minimum atomic E-state index is 0.851. The van der Waals surface area contributed by atoms with Gasteiger partial charge in [0.1, 0.15) is 0 Å². The Bertz CT molecular complexity index is 477. The van der Waals surface area contributed by atoms with E-state index in [0.717, 1.165) is 11.8 Å². The number of hydrogen-bond donors (Lipinski definition) is 1. The van der Waals surface area contributed by atoms with Crippen molar-refractivity contribution < 1.29 is 0 Å². The molecule has 1 aliphatic heterocycles. The van der Waals surface area contributed by atoms with Gasteiger partial charge in [0.15, 0.2) is 0 Å². The molecule has 0 radical (unpaired) electrons. The Hall–Kier alpha value is -0.890. The Kier molecular flexibility index (Phi) is 1.89. The van der Waals surface area contributed by atoms with Gasteiger partial charge in [-0.3, -0.25) is 0 Å². The molecule has 82 valence electrons. The maximum atomic E-state index is 3.56. The predicted molar refractivity (Wildman–Crippen MR) is 67.8 cm³/mol. The second kappa shape index (κ2) is 3.30. The third-order valence-corrected chi connectivity index (χ3v) is 5.21. The molecule has 1 N–H and O–H groups in total. The van der Waals surface area contributed by atoms with Gasteiger partial charge in [-0.2, -0.15) is 0 Å². The summed E-state index contributed by atoms with van der Waals surface area (Å²) >= 11 is 1.80. The first-order chi connectivity index (χ1) is 7.93. The van der Waals surface area contributed by atoms with Gasteiger partial charge in [0, 0.05) is 10.6 Å². The van der Waals surface area contributed by atoms with Crippen LogP contribution in [0.1, 0.15) is 31.2 Å². The number of nitrogens with one attached hydrogen (secondary N) is 1. The molecule has 2 heteroatoms. The van der Waals surface area contributed by atoms with Gasteiger partial charge in [0.05, 0.1) is 0 Å². The van der Waals surface area contributed by atoms with Crippen LogP contribution in [0.2, 0.25) is 0 Å². The molecule has 1 aromatic carbocycles. The maximum absolute atomic E-state index is 3.56. The van der Waals surface area contributed by atoms with Crippen molar-refractivity contribution in [1.82, 2.24) is 4.72 Å². The molecule has 2 aliphatic carbocycles. The Morgan fingerprint density at radius 2 is 2.12 bits per heavy atom. The van der Waals surface area contributed by atoms with Crippen molar-refractivity contribution in [1.29, 1.82) is 0 Å². The zero-order valence-electron chi connectivity index (χ0n) is 9.20. The van der Waals surface area contributed by atoms with Crippen molar-refractivity contribution in [3.63, 3.8) is 0 Å². The minimum Gasteiger partial charge on any atom is -0.329 e. The molecule has 0 bridgehead atoms. The highest BCUT2D eigenvalue weighted by Gasteiger charge is 2.40. The lowest BCUT2D eigenvalue weighted by molar-refractivity contribution is 0.497. The van der Waals surface area contributed by atoms with Crippen molar-refractivity contribution in [3.05, 3.63) is 35.5 Å². The summed E-state index contributed by atoms with van der Waals surface area (Å²) in [6.07, 6.45) is 5.57. The largest absolute Gasteiger partial charge is 0.329 e. The molecular formula is C14H15NS.